The van der Waals surface area contributed by atoms with Gasteiger partial charge in [0.05, 0.1) is 12.2 Å². The number of imidazole rings is 1. The van der Waals surface area contributed by atoms with Gasteiger partial charge in [-0.3, -0.25) is 4.99 Å². The highest BCUT2D eigenvalue weighted by Crippen LogP contribution is 2.10. The fourth-order valence-electron chi connectivity index (χ4n) is 2.68. The molecule has 0 radical (unpaired) electrons. The fraction of sp³-hybridized carbons (Fsp3) is 0.333. The van der Waals surface area contributed by atoms with Crippen molar-refractivity contribution in [3.05, 3.63) is 58.2 Å². The molecular formula is C18H24IN5S. The Kier molecular flexibility index (Phi) is 7.24. The predicted octanol–water partition coefficient (Wildman–Crippen LogP) is 3.57. The Bertz CT molecular complexity index is 825. The van der Waals surface area contributed by atoms with Gasteiger partial charge in [0.25, 0.3) is 0 Å². The van der Waals surface area contributed by atoms with Crippen LogP contribution in [0.3, 0.4) is 0 Å². The maximum absolute atomic E-state index is 4.65. The quantitative estimate of drug-likeness (QED) is 0.353. The molecule has 3 rings (SSSR count). The van der Waals surface area contributed by atoms with Crippen LogP contribution >= 0.6 is 35.3 Å². The topological polar surface area (TPSA) is 44.9 Å². The summed E-state index contributed by atoms with van der Waals surface area (Å²) in [7, 11) is 3.88. The average Bonchev–Trinajstić information content (AvgIpc) is 3.23. The number of hydrogen-bond acceptors (Lipinski definition) is 3. The maximum atomic E-state index is 4.65. The molecule has 3 heterocycles. The molecule has 0 unspecified atom stereocenters. The molecule has 134 valence electrons. The summed E-state index contributed by atoms with van der Waals surface area (Å²) < 4.78 is 2.11. The first-order valence-electron chi connectivity index (χ1n) is 8.05. The second-order valence-electron chi connectivity index (χ2n) is 5.78. The number of likely N-dealkylation sites (N-methyl/N-ethyl adjacent to an activating group) is 1. The molecule has 0 saturated carbocycles. The van der Waals surface area contributed by atoms with Gasteiger partial charge in [0, 0.05) is 37.4 Å². The van der Waals surface area contributed by atoms with E-state index in [4.69, 9.17) is 0 Å². The van der Waals surface area contributed by atoms with E-state index in [1.54, 1.807) is 11.3 Å². The monoisotopic (exact) mass is 469 g/mol. The van der Waals surface area contributed by atoms with Crippen molar-refractivity contribution in [2.24, 2.45) is 4.99 Å². The number of pyridine rings is 1. The van der Waals surface area contributed by atoms with Gasteiger partial charge in [-0.1, -0.05) is 12.1 Å². The molecule has 25 heavy (non-hydrogen) atoms. The summed E-state index contributed by atoms with van der Waals surface area (Å²) >= 11 is 1.80. The third-order valence-electron chi connectivity index (χ3n) is 4.02. The highest BCUT2D eigenvalue weighted by Gasteiger charge is 2.08. The minimum atomic E-state index is 0. The fourth-order valence-corrected chi connectivity index (χ4v) is 3.38. The van der Waals surface area contributed by atoms with Crippen molar-refractivity contribution in [3.63, 3.8) is 0 Å². The lowest BCUT2D eigenvalue weighted by atomic mass is 10.3. The van der Waals surface area contributed by atoms with E-state index < -0.39 is 0 Å². The summed E-state index contributed by atoms with van der Waals surface area (Å²) in [6.07, 6.45) is 3.11. The summed E-state index contributed by atoms with van der Waals surface area (Å²) in [6, 6.07) is 10.4. The van der Waals surface area contributed by atoms with Crippen molar-refractivity contribution in [1.82, 2.24) is 19.6 Å². The van der Waals surface area contributed by atoms with Crippen molar-refractivity contribution in [3.8, 4) is 0 Å². The van der Waals surface area contributed by atoms with Crippen LogP contribution in [-0.2, 0) is 13.0 Å². The number of aromatic nitrogens is 2. The van der Waals surface area contributed by atoms with Crippen LogP contribution in [0.1, 0.15) is 16.3 Å². The summed E-state index contributed by atoms with van der Waals surface area (Å²) in [5.41, 5.74) is 3.17. The zero-order chi connectivity index (χ0) is 16.9. The lowest BCUT2D eigenvalue weighted by Gasteiger charge is -2.21. The molecule has 0 spiro atoms. The van der Waals surface area contributed by atoms with Crippen molar-refractivity contribution in [2.75, 3.05) is 20.6 Å². The molecular weight excluding hydrogens is 445 g/mol. The number of rotatable bonds is 5. The van der Waals surface area contributed by atoms with E-state index in [1.165, 1.54) is 10.6 Å². The number of thiophene rings is 1. The zero-order valence-electron chi connectivity index (χ0n) is 14.8. The average molecular weight is 469 g/mol. The molecule has 0 atom stereocenters. The first-order chi connectivity index (χ1) is 11.7. The molecule has 7 heteroatoms. The van der Waals surface area contributed by atoms with Crippen molar-refractivity contribution >= 4 is 46.9 Å². The van der Waals surface area contributed by atoms with E-state index >= 15 is 0 Å². The van der Waals surface area contributed by atoms with Gasteiger partial charge in [-0.25, -0.2) is 4.98 Å². The second kappa shape index (κ2) is 9.19. The van der Waals surface area contributed by atoms with Crippen LogP contribution in [0.2, 0.25) is 0 Å². The minimum Gasteiger partial charge on any atom is -0.351 e. The molecule has 0 amide bonds. The van der Waals surface area contributed by atoms with Crippen LogP contribution in [0.4, 0.5) is 0 Å². The Morgan fingerprint density at radius 2 is 2.16 bits per heavy atom. The molecule has 1 N–H and O–H groups in total. The van der Waals surface area contributed by atoms with E-state index in [-0.39, 0.29) is 24.0 Å². The zero-order valence-corrected chi connectivity index (χ0v) is 17.9. The molecule has 0 aliphatic rings. The van der Waals surface area contributed by atoms with Crippen molar-refractivity contribution in [1.29, 1.82) is 0 Å². The van der Waals surface area contributed by atoms with E-state index in [2.05, 4.69) is 68.3 Å². The number of aliphatic imine (C=N–C) groups is 1. The molecule has 0 aliphatic carbocycles. The molecule has 0 saturated heterocycles. The molecule has 0 aliphatic heterocycles. The predicted molar refractivity (Wildman–Crippen MR) is 116 cm³/mol. The van der Waals surface area contributed by atoms with E-state index in [0.29, 0.717) is 6.54 Å². The van der Waals surface area contributed by atoms with Crippen LogP contribution in [0.25, 0.3) is 5.65 Å². The van der Waals surface area contributed by atoms with Crippen LogP contribution in [-0.4, -0.2) is 40.9 Å². The molecule has 5 nitrogen and oxygen atoms in total. The van der Waals surface area contributed by atoms with E-state index in [1.807, 2.05) is 19.2 Å². The Balaban J connectivity index is 0.00000225. The van der Waals surface area contributed by atoms with Crippen LogP contribution in [0.5, 0.6) is 0 Å². The van der Waals surface area contributed by atoms with Gasteiger partial charge >= 0.3 is 0 Å². The number of guanidine groups is 1. The third-order valence-corrected chi connectivity index (χ3v) is 4.96. The smallest absolute Gasteiger partial charge is 0.193 e. The maximum Gasteiger partial charge on any atom is 0.193 e. The Morgan fingerprint density at radius 1 is 1.32 bits per heavy atom. The molecule has 3 aromatic heterocycles. The van der Waals surface area contributed by atoms with Crippen molar-refractivity contribution in [2.45, 2.75) is 19.9 Å². The second-order valence-corrected chi connectivity index (χ2v) is 6.81. The lowest BCUT2D eigenvalue weighted by Crippen LogP contribution is -2.39. The highest BCUT2D eigenvalue weighted by molar-refractivity contribution is 14.0. The Hall–Kier alpha value is -1.61. The largest absolute Gasteiger partial charge is 0.351 e. The number of nitrogens with zero attached hydrogens (tertiary/aromatic N) is 4. The number of hydrogen-bond donors (Lipinski definition) is 1. The minimum absolute atomic E-state index is 0. The Labute approximate surface area is 169 Å². The molecule has 3 aromatic rings. The third kappa shape index (κ3) is 4.94. The Morgan fingerprint density at radius 3 is 2.84 bits per heavy atom. The van der Waals surface area contributed by atoms with Gasteiger partial charge in [0.15, 0.2) is 5.96 Å². The van der Waals surface area contributed by atoms with E-state index in [9.17, 15) is 0 Å². The highest BCUT2D eigenvalue weighted by atomic mass is 127. The van der Waals surface area contributed by atoms with Crippen molar-refractivity contribution < 1.29 is 0 Å². The van der Waals surface area contributed by atoms with Crippen LogP contribution < -0.4 is 5.32 Å². The number of halogens is 1. The number of aryl methyl sites for hydroxylation is 1. The summed E-state index contributed by atoms with van der Waals surface area (Å²) in [6.45, 7) is 3.69. The normalized spacial score (nSPS) is 11.4. The van der Waals surface area contributed by atoms with Gasteiger partial charge in [-0.2, -0.15) is 0 Å². The van der Waals surface area contributed by atoms with Gasteiger partial charge in [0.2, 0.25) is 0 Å². The first kappa shape index (κ1) is 19.7. The standard InChI is InChI=1S/C18H23N5S.HI/c1-14-6-4-8-17-21-15(13-23(14)17)12-20-18(19-2)22(3)10-9-16-7-5-11-24-16;/h4-8,11,13H,9-10,12H2,1-3H3,(H,19,20);1H. The number of nitrogens with one attached hydrogen (secondary N) is 1. The number of fused-ring (bicyclic) bond motifs is 1. The summed E-state index contributed by atoms with van der Waals surface area (Å²) in [5.74, 6) is 0.889. The van der Waals surface area contributed by atoms with Crippen LogP contribution in [0, 0.1) is 6.92 Å². The summed E-state index contributed by atoms with van der Waals surface area (Å²) in [4.78, 5) is 12.6. The van der Waals surface area contributed by atoms with E-state index in [0.717, 1.165) is 30.3 Å². The SMILES string of the molecule is CN=C(NCc1cn2c(C)cccc2n1)N(C)CCc1cccs1.I. The van der Waals surface area contributed by atoms with Gasteiger partial charge in [-0.15, -0.1) is 35.3 Å². The van der Waals surface area contributed by atoms with Gasteiger partial charge in [-0.05, 0) is 36.9 Å². The molecule has 0 bridgehead atoms. The molecule has 0 fully saturated rings. The lowest BCUT2D eigenvalue weighted by molar-refractivity contribution is 0.486. The summed E-state index contributed by atoms with van der Waals surface area (Å²) in [5, 5.41) is 5.52. The molecule has 0 aromatic carbocycles. The first-order valence-corrected chi connectivity index (χ1v) is 8.93. The van der Waals surface area contributed by atoms with Crippen LogP contribution in [0.15, 0.2) is 46.9 Å². The van der Waals surface area contributed by atoms with Gasteiger partial charge < -0.3 is 14.6 Å². The van der Waals surface area contributed by atoms with Gasteiger partial charge in [0.1, 0.15) is 5.65 Å².